The van der Waals surface area contributed by atoms with Gasteiger partial charge in [-0.2, -0.15) is 0 Å². The number of hydrogen-bond acceptors (Lipinski definition) is 3. The molecule has 3 rings (SSSR count). The molecule has 0 radical (unpaired) electrons. The van der Waals surface area contributed by atoms with Crippen LogP contribution in [-0.4, -0.2) is 16.5 Å². The maximum Gasteiger partial charge on any atom is 0.159 e. The standard InChI is InChI=1S/C17H17N3/c1-2-18-10-13-11-19-17(20-12-13)16-8-7-14-5-3-4-6-15(14)9-16/h3-9,11-12,18H,2,10H2,1H3. The van der Waals surface area contributed by atoms with Crippen molar-refractivity contribution in [2.45, 2.75) is 13.5 Å². The predicted octanol–water partition coefficient (Wildman–Crippen LogP) is 3.41. The fourth-order valence-electron chi connectivity index (χ4n) is 2.19. The molecule has 3 heteroatoms. The van der Waals surface area contributed by atoms with Crippen molar-refractivity contribution in [3.63, 3.8) is 0 Å². The molecule has 0 atom stereocenters. The zero-order valence-electron chi connectivity index (χ0n) is 11.5. The Labute approximate surface area is 118 Å². The SMILES string of the molecule is CCNCc1cnc(-c2ccc3ccccc3c2)nc1. The smallest absolute Gasteiger partial charge is 0.159 e. The van der Waals surface area contributed by atoms with Gasteiger partial charge in [0.2, 0.25) is 0 Å². The molecule has 0 saturated heterocycles. The van der Waals surface area contributed by atoms with E-state index in [0.29, 0.717) is 0 Å². The number of fused-ring (bicyclic) bond motifs is 1. The van der Waals surface area contributed by atoms with E-state index in [1.165, 1.54) is 10.8 Å². The second kappa shape index (κ2) is 5.80. The maximum absolute atomic E-state index is 4.46. The highest BCUT2D eigenvalue weighted by molar-refractivity contribution is 5.86. The summed E-state index contributed by atoms with van der Waals surface area (Å²) in [5, 5.41) is 5.72. The van der Waals surface area contributed by atoms with Crippen LogP contribution < -0.4 is 5.32 Å². The average Bonchev–Trinajstić information content (AvgIpc) is 2.53. The van der Waals surface area contributed by atoms with Gasteiger partial charge < -0.3 is 5.32 Å². The van der Waals surface area contributed by atoms with E-state index in [9.17, 15) is 0 Å². The Morgan fingerprint density at radius 3 is 2.45 bits per heavy atom. The molecule has 1 N–H and O–H groups in total. The Hall–Kier alpha value is -2.26. The van der Waals surface area contributed by atoms with Crippen molar-refractivity contribution in [2.75, 3.05) is 6.54 Å². The summed E-state index contributed by atoms with van der Waals surface area (Å²) >= 11 is 0. The van der Waals surface area contributed by atoms with E-state index in [-0.39, 0.29) is 0 Å². The van der Waals surface area contributed by atoms with Gasteiger partial charge in [0.05, 0.1) is 0 Å². The molecule has 0 bridgehead atoms. The van der Waals surface area contributed by atoms with Crippen LogP contribution in [0.2, 0.25) is 0 Å². The monoisotopic (exact) mass is 263 g/mol. The Kier molecular flexibility index (Phi) is 3.70. The van der Waals surface area contributed by atoms with Gasteiger partial charge in [0.25, 0.3) is 0 Å². The van der Waals surface area contributed by atoms with Crippen molar-refractivity contribution in [3.05, 3.63) is 60.4 Å². The van der Waals surface area contributed by atoms with Gasteiger partial charge in [-0.25, -0.2) is 9.97 Å². The van der Waals surface area contributed by atoms with Crippen LogP contribution in [0.5, 0.6) is 0 Å². The van der Waals surface area contributed by atoms with Gasteiger partial charge in [0, 0.05) is 30.1 Å². The molecule has 0 spiro atoms. The van der Waals surface area contributed by atoms with E-state index in [1.807, 2.05) is 24.5 Å². The highest BCUT2D eigenvalue weighted by Gasteiger charge is 2.02. The summed E-state index contributed by atoms with van der Waals surface area (Å²) in [6, 6.07) is 14.6. The summed E-state index contributed by atoms with van der Waals surface area (Å²) in [7, 11) is 0. The van der Waals surface area contributed by atoms with Crippen molar-refractivity contribution in [2.24, 2.45) is 0 Å². The third kappa shape index (κ3) is 2.68. The fraction of sp³-hybridized carbons (Fsp3) is 0.176. The molecule has 0 aliphatic rings. The van der Waals surface area contributed by atoms with E-state index < -0.39 is 0 Å². The molecule has 1 heterocycles. The molecule has 2 aromatic carbocycles. The first kappa shape index (κ1) is 12.8. The number of hydrogen-bond donors (Lipinski definition) is 1. The van der Waals surface area contributed by atoms with Crippen LogP contribution in [0.25, 0.3) is 22.2 Å². The average molecular weight is 263 g/mol. The Balaban J connectivity index is 1.90. The van der Waals surface area contributed by atoms with E-state index in [2.05, 4.69) is 52.5 Å². The summed E-state index contributed by atoms with van der Waals surface area (Å²) < 4.78 is 0. The molecule has 100 valence electrons. The van der Waals surface area contributed by atoms with Gasteiger partial charge in [-0.05, 0) is 23.4 Å². The fourth-order valence-corrected chi connectivity index (χ4v) is 2.19. The summed E-state index contributed by atoms with van der Waals surface area (Å²) in [4.78, 5) is 8.92. The lowest BCUT2D eigenvalue weighted by atomic mass is 10.1. The Morgan fingerprint density at radius 2 is 1.70 bits per heavy atom. The molecular weight excluding hydrogens is 246 g/mol. The predicted molar refractivity (Wildman–Crippen MR) is 82.4 cm³/mol. The highest BCUT2D eigenvalue weighted by Crippen LogP contribution is 2.21. The van der Waals surface area contributed by atoms with Crippen molar-refractivity contribution >= 4 is 10.8 Å². The molecule has 0 fully saturated rings. The topological polar surface area (TPSA) is 37.8 Å². The van der Waals surface area contributed by atoms with Crippen LogP contribution >= 0.6 is 0 Å². The molecule has 0 saturated carbocycles. The quantitative estimate of drug-likeness (QED) is 0.784. The van der Waals surface area contributed by atoms with Gasteiger partial charge in [-0.3, -0.25) is 0 Å². The summed E-state index contributed by atoms with van der Waals surface area (Å²) in [6.07, 6.45) is 3.78. The minimum atomic E-state index is 0.774. The maximum atomic E-state index is 4.46. The number of benzene rings is 2. The molecule has 3 nitrogen and oxygen atoms in total. The summed E-state index contributed by atoms with van der Waals surface area (Å²) in [6.45, 7) is 3.85. The van der Waals surface area contributed by atoms with Crippen LogP contribution in [0.15, 0.2) is 54.9 Å². The lowest BCUT2D eigenvalue weighted by Crippen LogP contribution is -2.12. The van der Waals surface area contributed by atoms with E-state index >= 15 is 0 Å². The zero-order chi connectivity index (χ0) is 13.8. The molecule has 20 heavy (non-hydrogen) atoms. The molecule has 0 aliphatic heterocycles. The molecule has 0 aliphatic carbocycles. The van der Waals surface area contributed by atoms with Gasteiger partial charge in [-0.1, -0.05) is 43.3 Å². The minimum absolute atomic E-state index is 0.774. The van der Waals surface area contributed by atoms with Crippen molar-refractivity contribution in [3.8, 4) is 11.4 Å². The first-order chi connectivity index (χ1) is 9.86. The second-order valence-electron chi connectivity index (χ2n) is 4.76. The van der Waals surface area contributed by atoms with Gasteiger partial charge in [0.15, 0.2) is 5.82 Å². The zero-order valence-corrected chi connectivity index (χ0v) is 11.5. The number of nitrogens with zero attached hydrogens (tertiary/aromatic N) is 2. The van der Waals surface area contributed by atoms with E-state index in [4.69, 9.17) is 0 Å². The molecule has 0 amide bonds. The van der Waals surface area contributed by atoms with E-state index in [0.717, 1.165) is 30.0 Å². The lowest BCUT2D eigenvalue weighted by molar-refractivity contribution is 0.721. The summed E-state index contributed by atoms with van der Waals surface area (Å²) in [5.74, 6) is 0.774. The third-order valence-corrected chi connectivity index (χ3v) is 3.29. The van der Waals surface area contributed by atoms with Crippen LogP contribution in [0.1, 0.15) is 12.5 Å². The van der Waals surface area contributed by atoms with Crippen LogP contribution in [0.4, 0.5) is 0 Å². The Bertz CT molecular complexity index is 705. The first-order valence-corrected chi connectivity index (χ1v) is 6.87. The molecule has 1 aromatic heterocycles. The van der Waals surface area contributed by atoms with Crippen LogP contribution in [0.3, 0.4) is 0 Å². The van der Waals surface area contributed by atoms with Crippen molar-refractivity contribution in [1.29, 1.82) is 0 Å². The second-order valence-corrected chi connectivity index (χ2v) is 4.76. The van der Waals surface area contributed by atoms with Gasteiger partial charge in [0.1, 0.15) is 0 Å². The highest BCUT2D eigenvalue weighted by atomic mass is 14.9. The van der Waals surface area contributed by atoms with Crippen LogP contribution in [-0.2, 0) is 6.54 Å². The van der Waals surface area contributed by atoms with Crippen molar-refractivity contribution in [1.82, 2.24) is 15.3 Å². The molecule has 3 aromatic rings. The van der Waals surface area contributed by atoms with Gasteiger partial charge in [-0.15, -0.1) is 0 Å². The first-order valence-electron chi connectivity index (χ1n) is 6.87. The van der Waals surface area contributed by atoms with Gasteiger partial charge >= 0.3 is 0 Å². The molecule has 0 unspecified atom stereocenters. The number of nitrogens with one attached hydrogen (secondary N) is 1. The summed E-state index contributed by atoms with van der Waals surface area (Å²) in [5.41, 5.74) is 2.16. The largest absolute Gasteiger partial charge is 0.313 e. The minimum Gasteiger partial charge on any atom is -0.313 e. The third-order valence-electron chi connectivity index (χ3n) is 3.29. The van der Waals surface area contributed by atoms with E-state index in [1.54, 1.807) is 0 Å². The lowest BCUT2D eigenvalue weighted by Gasteiger charge is -2.05. The van der Waals surface area contributed by atoms with Crippen molar-refractivity contribution < 1.29 is 0 Å². The van der Waals surface area contributed by atoms with Crippen LogP contribution in [0, 0.1) is 0 Å². The Morgan fingerprint density at radius 1 is 0.950 bits per heavy atom. The number of rotatable bonds is 4. The molecular formula is C17H17N3. The normalized spacial score (nSPS) is 10.8. The number of aromatic nitrogens is 2.